The molecule has 138 valence electrons. The number of amides is 1. The van der Waals surface area contributed by atoms with Crippen LogP contribution in [0.25, 0.3) is 11.4 Å². The maximum absolute atomic E-state index is 13.1. The Morgan fingerprint density at radius 3 is 2.59 bits per heavy atom. The standard InChI is InChI=1S/C18H14ClFN4O3/c19-11-12(22-10-2-1-7-21-18(10)27)16(26)14-13(15(11)25)23-17(24-14)8-3-5-9(20)6-4-8/h3-6,10,22H,1-2,7H2,(H,21,27)(H,23,24)/t10-/m0/s1. The van der Waals surface area contributed by atoms with Crippen molar-refractivity contribution in [1.82, 2.24) is 20.6 Å². The first kappa shape index (κ1) is 17.4. The Morgan fingerprint density at radius 1 is 1.15 bits per heavy atom. The highest BCUT2D eigenvalue weighted by Crippen LogP contribution is 2.29. The van der Waals surface area contributed by atoms with Crippen molar-refractivity contribution in [2.24, 2.45) is 0 Å². The maximum atomic E-state index is 13.1. The number of carbonyl (C=O) groups excluding carboxylic acids is 3. The number of aromatic nitrogens is 2. The molecule has 1 aliphatic heterocycles. The fourth-order valence-corrected chi connectivity index (χ4v) is 3.34. The molecule has 1 aliphatic carbocycles. The van der Waals surface area contributed by atoms with E-state index in [1.807, 2.05) is 0 Å². The number of halogens is 2. The van der Waals surface area contributed by atoms with E-state index in [1.165, 1.54) is 24.3 Å². The number of hydrogen-bond acceptors (Lipinski definition) is 5. The van der Waals surface area contributed by atoms with Gasteiger partial charge in [-0.3, -0.25) is 14.4 Å². The second-order valence-electron chi connectivity index (χ2n) is 6.29. The summed E-state index contributed by atoms with van der Waals surface area (Å²) in [5.74, 6) is -1.58. The van der Waals surface area contributed by atoms with E-state index in [0.717, 1.165) is 6.42 Å². The minimum Gasteiger partial charge on any atom is -0.369 e. The monoisotopic (exact) mass is 388 g/mol. The number of Topliss-reactive ketones (excluding diaryl/α,β-unsaturated/α-hetero) is 2. The lowest BCUT2D eigenvalue weighted by atomic mass is 10.00. The van der Waals surface area contributed by atoms with Gasteiger partial charge < -0.3 is 15.6 Å². The van der Waals surface area contributed by atoms with Crippen LogP contribution < -0.4 is 10.6 Å². The van der Waals surface area contributed by atoms with Gasteiger partial charge in [-0.25, -0.2) is 9.37 Å². The first-order valence-corrected chi connectivity index (χ1v) is 8.73. The van der Waals surface area contributed by atoms with Crippen molar-refractivity contribution in [2.45, 2.75) is 18.9 Å². The number of nitrogens with one attached hydrogen (secondary N) is 3. The second-order valence-corrected chi connectivity index (χ2v) is 6.67. The molecule has 2 aliphatic rings. The molecule has 0 unspecified atom stereocenters. The van der Waals surface area contributed by atoms with Crippen LogP contribution in [-0.2, 0) is 4.79 Å². The average molecular weight is 389 g/mol. The number of hydrogen-bond donors (Lipinski definition) is 3. The predicted molar refractivity (Wildman–Crippen MR) is 94.7 cm³/mol. The zero-order chi connectivity index (χ0) is 19.1. The number of carbonyl (C=O) groups is 3. The topological polar surface area (TPSA) is 104 Å². The van der Waals surface area contributed by atoms with Crippen LogP contribution in [0.1, 0.15) is 33.8 Å². The molecular formula is C18H14ClFN4O3. The van der Waals surface area contributed by atoms with Gasteiger partial charge in [-0.1, -0.05) is 11.6 Å². The minimum absolute atomic E-state index is 0.0250. The first-order valence-electron chi connectivity index (χ1n) is 8.35. The van der Waals surface area contributed by atoms with Crippen molar-refractivity contribution >= 4 is 29.1 Å². The number of ketones is 2. The van der Waals surface area contributed by atoms with Gasteiger partial charge in [0.2, 0.25) is 17.5 Å². The third-order valence-electron chi connectivity index (χ3n) is 4.51. The van der Waals surface area contributed by atoms with E-state index in [4.69, 9.17) is 11.6 Å². The van der Waals surface area contributed by atoms with Gasteiger partial charge >= 0.3 is 0 Å². The SMILES string of the molecule is O=C1C(N[C@H]2CCCNC2=O)=C(Cl)C(=O)c2[nH]c(-c3ccc(F)cc3)nc21. The Hall–Kier alpha value is -3.00. The number of piperidine rings is 1. The third-order valence-corrected chi connectivity index (χ3v) is 4.87. The van der Waals surface area contributed by atoms with E-state index in [-0.39, 0.29) is 33.8 Å². The largest absolute Gasteiger partial charge is 0.369 e. The molecule has 1 saturated heterocycles. The van der Waals surface area contributed by atoms with Gasteiger partial charge in [-0.15, -0.1) is 0 Å². The van der Waals surface area contributed by atoms with Crippen LogP contribution in [0.4, 0.5) is 4.39 Å². The maximum Gasteiger partial charge on any atom is 0.242 e. The van der Waals surface area contributed by atoms with Crippen LogP contribution in [0.5, 0.6) is 0 Å². The molecule has 1 fully saturated rings. The van der Waals surface area contributed by atoms with Crippen molar-refractivity contribution in [3.63, 3.8) is 0 Å². The Balaban J connectivity index is 1.68. The Labute approximate surface area is 158 Å². The summed E-state index contributed by atoms with van der Waals surface area (Å²) >= 11 is 6.12. The summed E-state index contributed by atoms with van der Waals surface area (Å²) in [5, 5.41) is 5.20. The molecular weight excluding hydrogens is 375 g/mol. The Kier molecular flexibility index (Phi) is 4.27. The van der Waals surface area contributed by atoms with Gasteiger partial charge in [0.25, 0.3) is 0 Å². The fourth-order valence-electron chi connectivity index (χ4n) is 3.10. The van der Waals surface area contributed by atoms with E-state index >= 15 is 0 Å². The van der Waals surface area contributed by atoms with Crippen LogP contribution in [0, 0.1) is 5.82 Å². The van der Waals surface area contributed by atoms with Gasteiger partial charge in [-0.05, 0) is 37.1 Å². The molecule has 1 aromatic carbocycles. The predicted octanol–water partition coefficient (Wildman–Crippen LogP) is 1.91. The smallest absolute Gasteiger partial charge is 0.242 e. The molecule has 27 heavy (non-hydrogen) atoms. The summed E-state index contributed by atoms with van der Waals surface area (Å²) in [7, 11) is 0. The zero-order valence-corrected chi connectivity index (χ0v) is 14.7. The van der Waals surface area contributed by atoms with Gasteiger partial charge in [0.05, 0.1) is 0 Å². The summed E-state index contributed by atoms with van der Waals surface area (Å²) in [5.41, 5.74) is 0.280. The summed E-state index contributed by atoms with van der Waals surface area (Å²) in [6, 6.07) is 4.82. The quantitative estimate of drug-likeness (QED) is 0.745. The normalized spacial score (nSPS) is 19.8. The van der Waals surface area contributed by atoms with E-state index in [2.05, 4.69) is 20.6 Å². The van der Waals surface area contributed by atoms with Crippen LogP contribution in [0.15, 0.2) is 35.0 Å². The summed E-state index contributed by atoms with van der Waals surface area (Å²) in [4.78, 5) is 44.3. The molecule has 0 radical (unpaired) electrons. The lowest BCUT2D eigenvalue weighted by Crippen LogP contribution is -2.49. The Morgan fingerprint density at radius 2 is 1.89 bits per heavy atom. The lowest BCUT2D eigenvalue weighted by molar-refractivity contribution is -0.124. The molecule has 4 rings (SSSR count). The number of imidazole rings is 1. The molecule has 2 heterocycles. The van der Waals surface area contributed by atoms with E-state index in [1.54, 1.807) is 0 Å². The molecule has 1 amide bonds. The van der Waals surface area contributed by atoms with Gasteiger partial charge in [0.15, 0.2) is 0 Å². The molecule has 1 aromatic heterocycles. The van der Waals surface area contributed by atoms with E-state index < -0.39 is 23.4 Å². The van der Waals surface area contributed by atoms with Crippen LogP contribution in [0.3, 0.4) is 0 Å². The second kappa shape index (κ2) is 6.62. The van der Waals surface area contributed by atoms with Crippen molar-refractivity contribution in [1.29, 1.82) is 0 Å². The minimum atomic E-state index is -0.642. The van der Waals surface area contributed by atoms with E-state index in [9.17, 15) is 18.8 Å². The number of aromatic amines is 1. The highest BCUT2D eigenvalue weighted by molar-refractivity contribution is 6.49. The number of nitrogens with zero attached hydrogens (tertiary/aromatic N) is 1. The van der Waals surface area contributed by atoms with E-state index in [0.29, 0.717) is 18.5 Å². The van der Waals surface area contributed by atoms with Crippen LogP contribution >= 0.6 is 11.6 Å². The Bertz CT molecular complexity index is 997. The molecule has 7 nitrogen and oxygen atoms in total. The van der Waals surface area contributed by atoms with Crippen LogP contribution in [0.2, 0.25) is 0 Å². The summed E-state index contributed by atoms with van der Waals surface area (Å²) < 4.78 is 13.1. The number of fused-ring (bicyclic) bond motifs is 1. The molecule has 1 atom stereocenters. The van der Waals surface area contributed by atoms with Crippen LogP contribution in [-0.4, -0.2) is 40.0 Å². The van der Waals surface area contributed by atoms with Crippen molar-refractivity contribution in [2.75, 3.05) is 6.54 Å². The first-order chi connectivity index (χ1) is 13.0. The molecule has 0 saturated carbocycles. The molecule has 9 heteroatoms. The highest BCUT2D eigenvalue weighted by atomic mass is 35.5. The van der Waals surface area contributed by atoms with Crippen molar-refractivity contribution in [3.05, 3.63) is 52.2 Å². The molecule has 3 N–H and O–H groups in total. The molecule has 2 aromatic rings. The summed E-state index contributed by atoms with van der Waals surface area (Å²) in [6.07, 6.45) is 1.27. The fraction of sp³-hybridized carbons (Fsp3) is 0.222. The number of rotatable bonds is 3. The highest BCUT2D eigenvalue weighted by Gasteiger charge is 2.37. The average Bonchev–Trinajstić information content (AvgIpc) is 3.11. The van der Waals surface area contributed by atoms with Gasteiger partial charge in [0.1, 0.15) is 39.8 Å². The van der Waals surface area contributed by atoms with Gasteiger partial charge in [0, 0.05) is 12.1 Å². The zero-order valence-electron chi connectivity index (χ0n) is 13.9. The lowest BCUT2D eigenvalue weighted by Gasteiger charge is -2.25. The number of H-pyrrole nitrogens is 1. The number of allylic oxidation sites excluding steroid dienone is 2. The molecule has 0 spiro atoms. The third kappa shape index (κ3) is 3.02. The molecule has 0 bridgehead atoms. The summed E-state index contributed by atoms with van der Waals surface area (Å²) in [6.45, 7) is 0.571. The van der Waals surface area contributed by atoms with Gasteiger partial charge in [-0.2, -0.15) is 0 Å². The van der Waals surface area contributed by atoms with Crippen molar-refractivity contribution < 1.29 is 18.8 Å². The number of benzene rings is 1. The van der Waals surface area contributed by atoms with Crippen molar-refractivity contribution in [3.8, 4) is 11.4 Å².